The maximum atomic E-state index is 11.2. The van der Waals surface area contributed by atoms with Crippen LogP contribution in [0.15, 0.2) is 0 Å². The molecule has 0 aromatic heterocycles. The number of nitrogens with zero attached hydrogens (tertiary/aromatic N) is 1. The van der Waals surface area contributed by atoms with Crippen LogP contribution < -0.4 is 5.32 Å². The van der Waals surface area contributed by atoms with Crippen molar-refractivity contribution in [2.45, 2.75) is 59.2 Å². The highest BCUT2D eigenvalue weighted by Gasteiger charge is 2.34. The van der Waals surface area contributed by atoms with Crippen molar-refractivity contribution in [1.29, 1.82) is 0 Å². The Balaban J connectivity index is 2.59. The Morgan fingerprint density at radius 3 is 2.56 bits per heavy atom. The topological polar surface area (TPSA) is 32.3 Å². The lowest BCUT2D eigenvalue weighted by molar-refractivity contribution is 0.0621. The van der Waals surface area contributed by atoms with Gasteiger partial charge in [-0.1, -0.05) is 20.8 Å². The molecule has 4 atom stereocenters. The quantitative estimate of drug-likeness (QED) is 0.849. The van der Waals surface area contributed by atoms with Crippen LogP contribution in [0.1, 0.15) is 41.0 Å². The van der Waals surface area contributed by atoms with Crippen molar-refractivity contribution in [3.63, 3.8) is 0 Å². The van der Waals surface area contributed by atoms with Gasteiger partial charge in [0, 0.05) is 54.0 Å². The van der Waals surface area contributed by atoms with Gasteiger partial charge in [0.15, 0.2) is 0 Å². The number of hydrogen-bond acceptors (Lipinski definition) is 3. The predicted octanol–water partition coefficient (Wildman–Crippen LogP) is 1.85. The summed E-state index contributed by atoms with van der Waals surface area (Å²) in [6.45, 7) is 13.6. The molecule has 0 aromatic rings. The van der Waals surface area contributed by atoms with E-state index in [1.807, 2.05) is 0 Å². The van der Waals surface area contributed by atoms with Gasteiger partial charge in [0.25, 0.3) is 0 Å². The molecule has 0 radical (unpaired) electrons. The molecule has 1 aliphatic rings. The fourth-order valence-electron chi connectivity index (χ4n) is 2.58. The molecule has 4 heteroatoms. The molecule has 4 unspecified atom stereocenters. The molecule has 0 amide bonds. The van der Waals surface area contributed by atoms with Crippen LogP contribution in [0.3, 0.4) is 0 Å². The Kier molecular flexibility index (Phi) is 5.81. The van der Waals surface area contributed by atoms with Gasteiger partial charge in [-0.05, 0) is 25.7 Å². The molecule has 1 heterocycles. The van der Waals surface area contributed by atoms with Gasteiger partial charge in [0.2, 0.25) is 0 Å². The average molecular weight is 274 g/mol. The normalized spacial score (nSPS) is 30.1. The van der Waals surface area contributed by atoms with E-state index < -0.39 is 10.8 Å². The third kappa shape index (κ3) is 4.63. The monoisotopic (exact) mass is 274 g/mol. The summed E-state index contributed by atoms with van der Waals surface area (Å²) in [5, 5.41) is 3.66. The van der Waals surface area contributed by atoms with Crippen LogP contribution in [0.2, 0.25) is 0 Å². The Labute approximate surface area is 115 Å². The SMILES string of the molecule is CC(CCS(C)=O)N1CC(C(C)(C)C)NCC1C. The van der Waals surface area contributed by atoms with Gasteiger partial charge in [0.05, 0.1) is 0 Å². The van der Waals surface area contributed by atoms with Gasteiger partial charge in [-0.15, -0.1) is 0 Å². The van der Waals surface area contributed by atoms with Crippen molar-refractivity contribution in [3.05, 3.63) is 0 Å². The molecule has 1 aliphatic heterocycles. The summed E-state index contributed by atoms with van der Waals surface area (Å²) in [6.07, 6.45) is 2.83. The van der Waals surface area contributed by atoms with E-state index >= 15 is 0 Å². The standard InChI is InChI=1S/C14H30N2OS/c1-11(7-8-18(6)17)16-10-13(14(3,4)5)15-9-12(16)2/h11-13,15H,7-10H2,1-6H3. The lowest BCUT2D eigenvalue weighted by Gasteiger charge is -2.46. The second-order valence-corrected chi connectivity index (χ2v) is 8.34. The van der Waals surface area contributed by atoms with Crippen molar-refractivity contribution in [1.82, 2.24) is 10.2 Å². The highest BCUT2D eigenvalue weighted by molar-refractivity contribution is 7.84. The summed E-state index contributed by atoms with van der Waals surface area (Å²) in [5.41, 5.74) is 0.297. The minimum absolute atomic E-state index is 0.297. The Morgan fingerprint density at radius 1 is 1.44 bits per heavy atom. The smallest absolute Gasteiger partial charge is 0.0246 e. The molecule has 0 aromatic carbocycles. The van der Waals surface area contributed by atoms with Gasteiger partial charge in [-0.2, -0.15) is 0 Å². The van der Waals surface area contributed by atoms with Crippen LogP contribution in [0.4, 0.5) is 0 Å². The second kappa shape index (κ2) is 6.49. The first kappa shape index (κ1) is 16.1. The zero-order chi connectivity index (χ0) is 13.9. The van der Waals surface area contributed by atoms with Crippen molar-refractivity contribution >= 4 is 10.8 Å². The van der Waals surface area contributed by atoms with E-state index in [0.29, 0.717) is 23.5 Å². The average Bonchev–Trinajstić information content (AvgIpc) is 2.24. The van der Waals surface area contributed by atoms with Gasteiger partial charge >= 0.3 is 0 Å². The number of rotatable bonds is 4. The van der Waals surface area contributed by atoms with Crippen molar-refractivity contribution in [2.75, 3.05) is 25.1 Å². The molecule has 0 saturated carbocycles. The van der Waals surface area contributed by atoms with Crippen LogP contribution in [-0.2, 0) is 10.8 Å². The van der Waals surface area contributed by atoms with Gasteiger partial charge < -0.3 is 5.32 Å². The van der Waals surface area contributed by atoms with Crippen LogP contribution in [0, 0.1) is 5.41 Å². The van der Waals surface area contributed by atoms with E-state index in [-0.39, 0.29) is 0 Å². The molecule has 0 aliphatic carbocycles. The molecule has 1 fully saturated rings. The first-order chi connectivity index (χ1) is 8.21. The number of nitrogens with one attached hydrogen (secondary N) is 1. The summed E-state index contributed by atoms with van der Waals surface area (Å²) in [7, 11) is -0.670. The highest BCUT2D eigenvalue weighted by atomic mass is 32.2. The molecule has 0 bridgehead atoms. The molecule has 1 rings (SSSR count). The first-order valence-electron chi connectivity index (χ1n) is 7.01. The largest absolute Gasteiger partial charge is 0.311 e. The zero-order valence-electron chi connectivity index (χ0n) is 12.8. The maximum Gasteiger partial charge on any atom is 0.0246 e. The molecular formula is C14H30N2OS. The summed E-state index contributed by atoms with van der Waals surface area (Å²) in [6, 6.07) is 1.64. The minimum atomic E-state index is -0.670. The highest BCUT2D eigenvalue weighted by Crippen LogP contribution is 2.25. The van der Waals surface area contributed by atoms with Gasteiger partial charge in [0.1, 0.15) is 0 Å². The fraction of sp³-hybridized carbons (Fsp3) is 1.00. The summed E-state index contributed by atoms with van der Waals surface area (Å²) in [5.74, 6) is 0.817. The van der Waals surface area contributed by atoms with Crippen molar-refractivity contribution in [3.8, 4) is 0 Å². The first-order valence-corrected chi connectivity index (χ1v) is 8.73. The fourth-order valence-corrected chi connectivity index (χ4v) is 3.26. The molecule has 1 N–H and O–H groups in total. The van der Waals surface area contributed by atoms with Crippen molar-refractivity contribution < 1.29 is 4.21 Å². The third-order valence-electron chi connectivity index (χ3n) is 4.05. The maximum absolute atomic E-state index is 11.2. The summed E-state index contributed by atoms with van der Waals surface area (Å²) < 4.78 is 11.2. The molecule has 1 saturated heterocycles. The van der Waals surface area contributed by atoms with Gasteiger partial charge in [-0.3, -0.25) is 9.11 Å². The predicted molar refractivity (Wildman–Crippen MR) is 80.4 cm³/mol. The second-order valence-electron chi connectivity index (χ2n) is 6.79. The van der Waals surface area contributed by atoms with E-state index in [1.165, 1.54) is 0 Å². The van der Waals surface area contributed by atoms with E-state index in [4.69, 9.17) is 0 Å². The Bertz CT molecular complexity index is 288. The lowest BCUT2D eigenvalue weighted by atomic mass is 9.84. The van der Waals surface area contributed by atoms with E-state index in [1.54, 1.807) is 6.26 Å². The Morgan fingerprint density at radius 2 is 2.06 bits per heavy atom. The minimum Gasteiger partial charge on any atom is -0.311 e. The molecular weight excluding hydrogens is 244 g/mol. The summed E-state index contributed by atoms with van der Waals surface area (Å²) in [4.78, 5) is 2.58. The molecule has 108 valence electrons. The van der Waals surface area contributed by atoms with Crippen molar-refractivity contribution in [2.24, 2.45) is 5.41 Å². The molecule has 0 spiro atoms. The zero-order valence-corrected chi connectivity index (χ0v) is 13.6. The molecule has 18 heavy (non-hydrogen) atoms. The van der Waals surface area contributed by atoms with Crippen LogP contribution in [0.5, 0.6) is 0 Å². The van der Waals surface area contributed by atoms with Crippen LogP contribution in [0.25, 0.3) is 0 Å². The van der Waals surface area contributed by atoms with E-state index in [9.17, 15) is 4.21 Å². The Hall–Kier alpha value is 0.0700. The van der Waals surface area contributed by atoms with E-state index in [2.05, 4.69) is 44.8 Å². The number of piperazine rings is 1. The van der Waals surface area contributed by atoms with Crippen LogP contribution >= 0.6 is 0 Å². The lowest BCUT2D eigenvalue weighted by Crippen LogP contribution is -2.61. The summed E-state index contributed by atoms with van der Waals surface area (Å²) >= 11 is 0. The van der Waals surface area contributed by atoms with E-state index in [0.717, 1.165) is 25.3 Å². The molecule has 3 nitrogen and oxygen atoms in total. The number of hydrogen-bond donors (Lipinski definition) is 1. The van der Waals surface area contributed by atoms with Gasteiger partial charge in [-0.25, -0.2) is 0 Å². The van der Waals surface area contributed by atoms with Crippen LogP contribution in [-0.4, -0.2) is 52.3 Å². The third-order valence-corrected chi connectivity index (χ3v) is 4.86.